The van der Waals surface area contributed by atoms with E-state index in [2.05, 4.69) is 29.4 Å². The number of aromatic nitrogens is 2. The summed E-state index contributed by atoms with van der Waals surface area (Å²) in [5.41, 5.74) is 1.23. The van der Waals surface area contributed by atoms with Gasteiger partial charge in [-0.2, -0.15) is 5.10 Å². The van der Waals surface area contributed by atoms with Gasteiger partial charge in [0.1, 0.15) is 0 Å². The summed E-state index contributed by atoms with van der Waals surface area (Å²) in [6.45, 7) is 5.30. The molecule has 3 unspecified atom stereocenters. The molecule has 0 aliphatic carbocycles. The minimum Gasteiger partial charge on any atom is -0.378 e. The van der Waals surface area contributed by atoms with Gasteiger partial charge in [0.2, 0.25) is 0 Å². The molecule has 4 heteroatoms. The van der Waals surface area contributed by atoms with Gasteiger partial charge in [-0.25, -0.2) is 0 Å². The van der Waals surface area contributed by atoms with Gasteiger partial charge in [-0.05, 0) is 26.2 Å². The number of hydrogen-bond donors (Lipinski definition) is 2. The largest absolute Gasteiger partial charge is 0.378 e. The van der Waals surface area contributed by atoms with Gasteiger partial charge in [-0.1, -0.05) is 13.3 Å². The van der Waals surface area contributed by atoms with Crippen molar-refractivity contribution < 1.29 is 4.74 Å². The van der Waals surface area contributed by atoms with E-state index in [0.29, 0.717) is 18.2 Å². The number of ether oxygens (including phenoxy) is 1. The zero-order chi connectivity index (χ0) is 12.1. The molecule has 0 spiro atoms. The fraction of sp³-hybridized carbons (Fsp3) is 0.769. The Morgan fingerprint density at radius 1 is 1.65 bits per heavy atom. The average Bonchev–Trinajstić information content (AvgIpc) is 2.83. The fourth-order valence-electron chi connectivity index (χ4n) is 2.50. The number of aromatic amines is 1. The van der Waals surface area contributed by atoms with E-state index >= 15 is 0 Å². The van der Waals surface area contributed by atoms with Crippen molar-refractivity contribution in [3.8, 4) is 0 Å². The monoisotopic (exact) mass is 237 g/mol. The minimum absolute atomic E-state index is 0.360. The second-order valence-electron chi connectivity index (χ2n) is 4.92. The van der Waals surface area contributed by atoms with Crippen LogP contribution in [-0.2, 0) is 4.74 Å². The molecular formula is C13H23N3O. The molecule has 0 amide bonds. The quantitative estimate of drug-likeness (QED) is 0.827. The van der Waals surface area contributed by atoms with Gasteiger partial charge in [-0.15, -0.1) is 0 Å². The Hall–Kier alpha value is -0.870. The predicted molar refractivity (Wildman–Crippen MR) is 67.8 cm³/mol. The number of rotatable bonds is 5. The molecule has 1 saturated heterocycles. The summed E-state index contributed by atoms with van der Waals surface area (Å²) in [4.78, 5) is 0. The number of H-pyrrole nitrogens is 1. The zero-order valence-electron chi connectivity index (χ0n) is 10.8. The van der Waals surface area contributed by atoms with Crippen LogP contribution >= 0.6 is 0 Å². The maximum atomic E-state index is 5.76. The van der Waals surface area contributed by atoms with E-state index in [9.17, 15) is 0 Å². The highest BCUT2D eigenvalue weighted by atomic mass is 16.5. The van der Waals surface area contributed by atoms with Crippen LogP contribution in [0.15, 0.2) is 12.4 Å². The van der Waals surface area contributed by atoms with E-state index in [1.807, 2.05) is 12.4 Å². The Balaban J connectivity index is 1.82. The minimum atomic E-state index is 0.360. The summed E-state index contributed by atoms with van der Waals surface area (Å²) >= 11 is 0. The molecule has 2 N–H and O–H groups in total. The summed E-state index contributed by atoms with van der Waals surface area (Å²) in [6.07, 6.45) is 8.93. The topological polar surface area (TPSA) is 49.9 Å². The Morgan fingerprint density at radius 2 is 2.53 bits per heavy atom. The molecule has 4 nitrogen and oxygen atoms in total. The lowest BCUT2D eigenvalue weighted by Crippen LogP contribution is -2.40. The first-order valence-electron chi connectivity index (χ1n) is 6.66. The molecular weight excluding hydrogens is 214 g/mol. The Bertz CT molecular complexity index is 310. The van der Waals surface area contributed by atoms with E-state index in [-0.39, 0.29) is 0 Å². The van der Waals surface area contributed by atoms with Gasteiger partial charge in [0.25, 0.3) is 0 Å². The molecule has 0 radical (unpaired) electrons. The molecule has 1 aromatic rings. The van der Waals surface area contributed by atoms with Crippen molar-refractivity contribution in [3.05, 3.63) is 18.0 Å². The highest BCUT2D eigenvalue weighted by Crippen LogP contribution is 2.20. The number of nitrogens with zero attached hydrogens (tertiary/aromatic N) is 1. The highest BCUT2D eigenvalue weighted by molar-refractivity contribution is 5.08. The lowest BCUT2D eigenvalue weighted by Gasteiger charge is -2.32. The molecule has 96 valence electrons. The Kier molecular flexibility index (Phi) is 4.57. The van der Waals surface area contributed by atoms with Crippen molar-refractivity contribution in [1.29, 1.82) is 0 Å². The molecule has 2 heterocycles. The molecule has 1 aliphatic heterocycles. The molecule has 1 aliphatic rings. The zero-order valence-corrected chi connectivity index (χ0v) is 10.8. The summed E-state index contributed by atoms with van der Waals surface area (Å²) < 4.78 is 5.76. The van der Waals surface area contributed by atoms with Crippen LogP contribution < -0.4 is 5.32 Å². The smallest absolute Gasteiger partial charge is 0.0589 e. The maximum absolute atomic E-state index is 5.76. The molecule has 2 rings (SSSR count). The van der Waals surface area contributed by atoms with Crippen molar-refractivity contribution in [2.24, 2.45) is 0 Å². The van der Waals surface area contributed by atoms with Crippen molar-refractivity contribution in [3.63, 3.8) is 0 Å². The second-order valence-corrected chi connectivity index (χ2v) is 4.92. The average molecular weight is 237 g/mol. The summed E-state index contributed by atoms with van der Waals surface area (Å²) in [5.74, 6) is 0. The lowest BCUT2D eigenvalue weighted by atomic mass is 9.99. The Morgan fingerprint density at radius 3 is 3.24 bits per heavy atom. The molecule has 1 aromatic heterocycles. The first kappa shape index (κ1) is 12.6. The summed E-state index contributed by atoms with van der Waals surface area (Å²) in [5, 5.41) is 10.5. The van der Waals surface area contributed by atoms with Gasteiger partial charge >= 0.3 is 0 Å². The molecule has 1 fully saturated rings. The molecule has 0 saturated carbocycles. The summed E-state index contributed by atoms with van der Waals surface area (Å²) in [6, 6.07) is 0.935. The third-order valence-corrected chi connectivity index (χ3v) is 3.48. The van der Waals surface area contributed by atoms with Crippen molar-refractivity contribution >= 4 is 0 Å². The fourth-order valence-corrected chi connectivity index (χ4v) is 2.50. The van der Waals surface area contributed by atoms with Gasteiger partial charge in [0.15, 0.2) is 0 Å². The molecule has 17 heavy (non-hydrogen) atoms. The van der Waals surface area contributed by atoms with Crippen LogP contribution in [0.2, 0.25) is 0 Å². The highest BCUT2D eigenvalue weighted by Gasteiger charge is 2.23. The van der Waals surface area contributed by atoms with E-state index in [1.165, 1.54) is 18.4 Å². The van der Waals surface area contributed by atoms with Gasteiger partial charge in [0.05, 0.1) is 12.3 Å². The predicted octanol–water partition coefficient (Wildman–Crippen LogP) is 2.41. The van der Waals surface area contributed by atoms with E-state index in [0.717, 1.165) is 19.4 Å². The number of hydrogen-bond acceptors (Lipinski definition) is 3. The van der Waals surface area contributed by atoms with Crippen LogP contribution in [0, 0.1) is 0 Å². The van der Waals surface area contributed by atoms with E-state index < -0.39 is 0 Å². The first-order chi connectivity index (χ1) is 8.29. The normalized spacial score (nSPS) is 26.9. The third kappa shape index (κ3) is 3.54. The van der Waals surface area contributed by atoms with Gasteiger partial charge in [0, 0.05) is 30.5 Å². The van der Waals surface area contributed by atoms with Gasteiger partial charge in [-0.3, -0.25) is 5.10 Å². The lowest BCUT2D eigenvalue weighted by molar-refractivity contribution is -0.00472. The van der Waals surface area contributed by atoms with Crippen LogP contribution in [0.25, 0.3) is 0 Å². The van der Waals surface area contributed by atoms with Crippen LogP contribution in [0.1, 0.15) is 51.1 Å². The third-order valence-electron chi connectivity index (χ3n) is 3.48. The van der Waals surface area contributed by atoms with E-state index in [1.54, 1.807) is 0 Å². The van der Waals surface area contributed by atoms with Crippen LogP contribution in [0.4, 0.5) is 0 Å². The molecule has 3 atom stereocenters. The standard InChI is InChI=1S/C13H23N3O/c1-3-4-13-7-12(5-6-17-13)16-10(2)11-8-14-15-9-11/h8-10,12-13,16H,3-7H2,1-2H3,(H,14,15). The van der Waals surface area contributed by atoms with Crippen molar-refractivity contribution in [1.82, 2.24) is 15.5 Å². The first-order valence-corrected chi connectivity index (χ1v) is 6.66. The summed E-state index contributed by atoms with van der Waals surface area (Å²) in [7, 11) is 0. The molecule has 0 aromatic carbocycles. The SMILES string of the molecule is CCCC1CC(NC(C)c2cn[nH]c2)CCO1. The van der Waals surface area contributed by atoms with E-state index in [4.69, 9.17) is 4.74 Å². The Labute approximate surface area is 103 Å². The van der Waals surface area contributed by atoms with Gasteiger partial charge < -0.3 is 10.1 Å². The van der Waals surface area contributed by atoms with Crippen molar-refractivity contribution in [2.45, 2.75) is 57.7 Å². The molecule has 0 bridgehead atoms. The van der Waals surface area contributed by atoms with Crippen molar-refractivity contribution in [2.75, 3.05) is 6.61 Å². The van der Waals surface area contributed by atoms with Crippen LogP contribution in [0.5, 0.6) is 0 Å². The number of nitrogens with one attached hydrogen (secondary N) is 2. The van der Waals surface area contributed by atoms with Crippen LogP contribution in [0.3, 0.4) is 0 Å². The maximum Gasteiger partial charge on any atom is 0.0589 e. The van der Waals surface area contributed by atoms with Crippen LogP contribution in [-0.4, -0.2) is 29.0 Å². The second kappa shape index (κ2) is 6.17.